The second-order valence-corrected chi connectivity index (χ2v) is 2.49. The van der Waals surface area contributed by atoms with Crippen LogP contribution in [0.2, 0.25) is 0 Å². The maximum Gasteiger partial charge on any atom is 0.292 e. The Labute approximate surface area is 87.9 Å². The molecule has 0 amide bonds. The van der Waals surface area contributed by atoms with Gasteiger partial charge in [0.15, 0.2) is 0 Å². The molecule has 0 aromatic heterocycles. The van der Waals surface area contributed by atoms with Crippen molar-refractivity contribution in [3.05, 3.63) is 34.4 Å². The first-order chi connectivity index (χ1) is 6.25. The first-order valence-corrected chi connectivity index (χ1v) is 3.93. The Morgan fingerprint density at radius 3 is 2.64 bits per heavy atom. The molecule has 1 aromatic rings. The lowest BCUT2D eigenvalue weighted by molar-refractivity contribution is -0.384. The number of nitrogens with one attached hydrogen (secondary N) is 1. The highest BCUT2D eigenvalue weighted by atomic mass is 35.5. The summed E-state index contributed by atoms with van der Waals surface area (Å²) < 4.78 is 0. The summed E-state index contributed by atoms with van der Waals surface area (Å²) in [6.45, 7) is 0.983. The molecule has 6 heteroatoms. The summed E-state index contributed by atoms with van der Waals surface area (Å²) in [6, 6.07) is 6.49. The summed E-state index contributed by atoms with van der Waals surface area (Å²) in [5.74, 6) is 0. The summed E-state index contributed by atoms with van der Waals surface area (Å²) in [5, 5.41) is 13.4. The quantitative estimate of drug-likeness (QED) is 0.449. The molecule has 0 aliphatic heterocycles. The molecule has 1 rings (SSSR count). The first kappa shape index (κ1) is 12.7. The van der Waals surface area contributed by atoms with E-state index in [0.717, 1.165) is 0 Å². The van der Waals surface area contributed by atoms with E-state index < -0.39 is 4.92 Å². The number of hydrogen-bond donors (Lipinski definition) is 2. The zero-order valence-electron chi connectivity index (χ0n) is 7.44. The number of para-hydroxylation sites is 2. The van der Waals surface area contributed by atoms with E-state index in [1.165, 1.54) is 6.07 Å². The van der Waals surface area contributed by atoms with Crippen molar-refractivity contribution in [1.82, 2.24) is 0 Å². The maximum atomic E-state index is 10.5. The van der Waals surface area contributed by atoms with E-state index in [1.54, 1.807) is 18.2 Å². The van der Waals surface area contributed by atoms with Crippen LogP contribution in [-0.2, 0) is 0 Å². The second-order valence-electron chi connectivity index (χ2n) is 2.49. The van der Waals surface area contributed by atoms with Crippen molar-refractivity contribution < 1.29 is 17.3 Å². The molecular formula is C8H11ClN3O2-. The molecule has 0 aliphatic rings. The van der Waals surface area contributed by atoms with Gasteiger partial charge in [-0.2, -0.15) is 0 Å². The monoisotopic (exact) mass is 216 g/mol. The fourth-order valence-corrected chi connectivity index (χ4v) is 0.989. The van der Waals surface area contributed by atoms with Gasteiger partial charge in [0, 0.05) is 19.2 Å². The molecule has 0 heterocycles. The van der Waals surface area contributed by atoms with Crippen LogP contribution < -0.4 is 23.5 Å². The summed E-state index contributed by atoms with van der Waals surface area (Å²) in [4.78, 5) is 10.1. The molecule has 0 fully saturated rings. The summed E-state index contributed by atoms with van der Waals surface area (Å²) in [7, 11) is 0. The Bertz CT molecular complexity index is 306. The predicted octanol–water partition coefficient (Wildman–Crippen LogP) is -2.03. The summed E-state index contributed by atoms with van der Waals surface area (Å²) >= 11 is 0. The van der Waals surface area contributed by atoms with Gasteiger partial charge in [-0.25, -0.2) is 0 Å². The topological polar surface area (TPSA) is 81.2 Å². The first-order valence-electron chi connectivity index (χ1n) is 3.93. The number of nitro benzene ring substituents is 1. The number of nitrogens with zero attached hydrogens (tertiary/aromatic N) is 1. The SMILES string of the molecule is NCCNc1ccccc1[N+](=O)[O-].[Cl-]. The lowest BCUT2D eigenvalue weighted by Crippen LogP contribution is -3.00. The maximum absolute atomic E-state index is 10.5. The molecule has 0 unspecified atom stereocenters. The van der Waals surface area contributed by atoms with Crippen LogP contribution >= 0.6 is 0 Å². The molecule has 78 valence electrons. The van der Waals surface area contributed by atoms with E-state index in [9.17, 15) is 10.1 Å². The highest BCUT2D eigenvalue weighted by Gasteiger charge is 2.10. The third kappa shape index (κ3) is 3.20. The van der Waals surface area contributed by atoms with Gasteiger partial charge < -0.3 is 23.5 Å². The Balaban J connectivity index is 0.00000169. The van der Waals surface area contributed by atoms with E-state index in [2.05, 4.69) is 5.32 Å². The van der Waals surface area contributed by atoms with Gasteiger partial charge in [-0.05, 0) is 6.07 Å². The Morgan fingerprint density at radius 1 is 1.43 bits per heavy atom. The minimum Gasteiger partial charge on any atom is -1.00 e. The van der Waals surface area contributed by atoms with Crippen LogP contribution in [-0.4, -0.2) is 18.0 Å². The van der Waals surface area contributed by atoms with Crippen LogP contribution in [0.1, 0.15) is 0 Å². The predicted molar refractivity (Wildman–Crippen MR) is 50.6 cm³/mol. The molecule has 0 atom stereocenters. The Hall–Kier alpha value is -1.33. The summed E-state index contributed by atoms with van der Waals surface area (Å²) in [6.07, 6.45) is 0. The van der Waals surface area contributed by atoms with Crippen LogP contribution in [0.3, 0.4) is 0 Å². The van der Waals surface area contributed by atoms with Gasteiger partial charge >= 0.3 is 0 Å². The van der Waals surface area contributed by atoms with Gasteiger partial charge in [0.2, 0.25) is 0 Å². The van der Waals surface area contributed by atoms with Gasteiger partial charge in [0.05, 0.1) is 4.92 Å². The minimum atomic E-state index is -0.418. The van der Waals surface area contributed by atoms with Crippen molar-refractivity contribution in [3.63, 3.8) is 0 Å². The van der Waals surface area contributed by atoms with E-state index in [1.807, 2.05) is 0 Å². The van der Waals surface area contributed by atoms with Crippen molar-refractivity contribution >= 4 is 11.4 Å². The smallest absolute Gasteiger partial charge is 0.292 e. The number of benzene rings is 1. The van der Waals surface area contributed by atoms with Gasteiger partial charge in [-0.3, -0.25) is 10.1 Å². The second kappa shape index (κ2) is 6.17. The number of halogens is 1. The molecule has 1 aromatic carbocycles. The molecule has 0 bridgehead atoms. The van der Waals surface area contributed by atoms with Crippen LogP contribution in [0.4, 0.5) is 11.4 Å². The van der Waals surface area contributed by atoms with Crippen molar-refractivity contribution in [2.75, 3.05) is 18.4 Å². The number of nitro groups is 1. The van der Waals surface area contributed by atoms with E-state index >= 15 is 0 Å². The molecule has 0 spiro atoms. The number of rotatable bonds is 4. The van der Waals surface area contributed by atoms with Crippen molar-refractivity contribution in [3.8, 4) is 0 Å². The third-order valence-corrected chi connectivity index (χ3v) is 1.56. The Kier molecular flexibility index (Phi) is 5.59. The third-order valence-electron chi connectivity index (χ3n) is 1.56. The molecule has 3 N–H and O–H groups in total. The summed E-state index contributed by atoms with van der Waals surface area (Å²) in [5.41, 5.74) is 5.86. The molecule has 0 saturated heterocycles. The molecule has 0 saturated carbocycles. The van der Waals surface area contributed by atoms with Crippen LogP contribution in [0.25, 0.3) is 0 Å². The molecule has 0 aliphatic carbocycles. The van der Waals surface area contributed by atoms with Crippen molar-refractivity contribution in [2.45, 2.75) is 0 Å². The van der Waals surface area contributed by atoms with E-state index in [4.69, 9.17) is 5.73 Å². The molecule has 0 radical (unpaired) electrons. The zero-order chi connectivity index (χ0) is 9.68. The average Bonchev–Trinajstić information content (AvgIpc) is 2.15. The standard InChI is InChI=1S/C8H11N3O2.ClH/c9-5-6-10-7-3-1-2-4-8(7)11(12)13;/h1-4,10H,5-6,9H2;1H/p-1. The van der Waals surface area contributed by atoms with E-state index in [-0.39, 0.29) is 18.1 Å². The highest BCUT2D eigenvalue weighted by Crippen LogP contribution is 2.22. The van der Waals surface area contributed by atoms with Crippen LogP contribution in [0, 0.1) is 10.1 Å². The fraction of sp³-hybridized carbons (Fsp3) is 0.250. The van der Waals surface area contributed by atoms with Gasteiger partial charge in [-0.1, -0.05) is 12.1 Å². The lowest BCUT2D eigenvalue weighted by Gasteiger charge is -2.04. The van der Waals surface area contributed by atoms with Crippen molar-refractivity contribution in [1.29, 1.82) is 0 Å². The average molecular weight is 217 g/mol. The number of nitrogens with two attached hydrogens (primary N) is 1. The number of anilines is 1. The molecule has 5 nitrogen and oxygen atoms in total. The van der Waals surface area contributed by atoms with Gasteiger partial charge in [0.1, 0.15) is 5.69 Å². The minimum absolute atomic E-state index is 0. The van der Waals surface area contributed by atoms with Crippen LogP contribution in [0.5, 0.6) is 0 Å². The molecular weight excluding hydrogens is 206 g/mol. The van der Waals surface area contributed by atoms with Gasteiger partial charge in [-0.15, -0.1) is 0 Å². The largest absolute Gasteiger partial charge is 1.00 e. The Morgan fingerprint density at radius 2 is 2.07 bits per heavy atom. The van der Waals surface area contributed by atoms with Crippen LogP contribution in [0.15, 0.2) is 24.3 Å². The fourth-order valence-electron chi connectivity index (χ4n) is 0.989. The number of hydrogen-bond acceptors (Lipinski definition) is 4. The zero-order valence-corrected chi connectivity index (χ0v) is 8.20. The lowest BCUT2D eigenvalue weighted by atomic mass is 10.2. The van der Waals surface area contributed by atoms with Gasteiger partial charge in [0.25, 0.3) is 5.69 Å². The molecule has 14 heavy (non-hydrogen) atoms. The normalized spacial score (nSPS) is 8.93. The van der Waals surface area contributed by atoms with Crippen molar-refractivity contribution in [2.24, 2.45) is 5.73 Å². The van der Waals surface area contributed by atoms with E-state index in [0.29, 0.717) is 18.8 Å². The highest BCUT2D eigenvalue weighted by molar-refractivity contribution is 5.60.